The number of halogens is 2. The number of rotatable bonds is 9. The van der Waals surface area contributed by atoms with Crippen molar-refractivity contribution >= 4 is 34.6 Å². The van der Waals surface area contributed by atoms with E-state index >= 15 is 0 Å². The van der Waals surface area contributed by atoms with Crippen LogP contribution in [0.15, 0.2) is 55.1 Å². The zero-order chi connectivity index (χ0) is 30.2. The Labute approximate surface area is 251 Å². The first-order valence-corrected chi connectivity index (χ1v) is 14.2. The van der Waals surface area contributed by atoms with E-state index in [2.05, 4.69) is 9.97 Å². The summed E-state index contributed by atoms with van der Waals surface area (Å²) in [6, 6.07) is 9.63. The van der Waals surface area contributed by atoms with Crippen LogP contribution in [0.25, 0.3) is 11.2 Å². The largest absolute Gasteiger partial charge is 0.489 e. The van der Waals surface area contributed by atoms with Crippen LogP contribution in [0.5, 0.6) is 5.75 Å². The molecule has 0 aliphatic carbocycles. The summed E-state index contributed by atoms with van der Waals surface area (Å²) in [5, 5.41) is 9.87. The molecule has 0 atom stereocenters. The molecule has 1 amide bonds. The third-order valence-electron chi connectivity index (χ3n) is 7.69. The third kappa shape index (κ3) is 5.55. The fourth-order valence-electron chi connectivity index (χ4n) is 5.35. The van der Waals surface area contributed by atoms with Gasteiger partial charge in [-0.1, -0.05) is 23.7 Å². The van der Waals surface area contributed by atoms with Gasteiger partial charge < -0.3 is 23.9 Å². The zero-order valence-electron chi connectivity index (χ0n) is 23.5. The fraction of sp³-hybridized carbons (Fsp3) is 0.258. The van der Waals surface area contributed by atoms with Crippen molar-refractivity contribution in [2.75, 3.05) is 6.54 Å². The summed E-state index contributed by atoms with van der Waals surface area (Å²) >= 11 is 5.87. The van der Waals surface area contributed by atoms with E-state index < -0.39 is 11.8 Å². The van der Waals surface area contributed by atoms with Gasteiger partial charge in [0.15, 0.2) is 5.65 Å². The molecule has 1 aliphatic heterocycles. The topological polar surface area (TPSA) is 115 Å². The molecule has 0 fully saturated rings. The van der Waals surface area contributed by atoms with Gasteiger partial charge in [-0.3, -0.25) is 4.79 Å². The maximum Gasteiger partial charge on any atom is 0.337 e. The number of imidazole rings is 2. The Balaban J connectivity index is 1.30. The first-order valence-electron chi connectivity index (χ1n) is 13.8. The van der Waals surface area contributed by atoms with Crippen LogP contribution in [-0.4, -0.2) is 52.5 Å². The molecule has 2 aromatic carbocycles. The second kappa shape index (κ2) is 11.5. The average Bonchev–Trinajstić information content (AvgIpc) is 3.58. The first-order chi connectivity index (χ1) is 20.7. The van der Waals surface area contributed by atoms with Gasteiger partial charge in [-0.05, 0) is 55.7 Å². The van der Waals surface area contributed by atoms with Gasteiger partial charge in [0.05, 0.1) is 36.2 Å². The van der Waals surface area contributed by atoms with E-state index in [-0.39, 0.29) is 24.6 Å². The van der Waals surface area contributed by atoms with Crippen LogP contribution >= 0.6 is 11.6 Å². The molecule has 0 spiro atoms. The molecule has 5 aromatic rings. The number of carbonyl (C=O) groups is 2. The Hall–Kier alpha value is -4.77. The Bertz CT molecular complexity index is 1880. The molecule has 1 aliphatic rings. The summed E-state index contributed by atoms with van der Waals surface area (Å²) in [6.07, 6.45) is 5.42. The molecule has 12 heteroatoms. The van der Waals surface area contributed by atoms with Crippen LogP contribution < -0.4 is 4.74 Å². The van der Waals surface area contributed by atoms with Gasteiger partial charge in [-0.25, -0.2) is 24.1 Å². The van der Waals surface area contributed by atoms with Crippen LogP contribution in [0.3, 0.4) is 0 Å². The Morgan fingerprint density at radius 2 is 2.00 bits per heavy atom. The van der Waals surface area contributed by atoms with Gasteiger partial charge in [-0.2, -0.15) is 0 Å². The van der Waals surface area contributed by atoms with Crippen molar-refractivity contribution in [1.82, 2.24) is 29.0 Å². The molecule has 0 unspecified atom stereocenters. The van der Waals surface area contributed by atoms with Gasteiger partial charge in [0.25, 0.3) is 5.91 Å². The van der Waals surface area contributed by atoms with Crippen molar-refractivity contribution < 1.29 is 23.8 Å². The molecule has 4 heterocycles. The summed E-state index contributed by atoms with van der Waals surface area (Å²) < 4.78 is 24.1. The highest BCUT2D eigenvalue weighted by molar-refractivity contribution is 6.30. The standard InChI is InChI=1S/C31H28ClFN6O4/c1-3-37-17-34-13-23(37)14-39-26-9-21(31(41)42)12-35-29(26)36-28(39)15-38-7-6-19-8-18(2)27(11-24(19)30(38)40)43-16-20-4-5-22(32)10-25(20)33/h4-5,8-13,17H,3,6-7,14-16H2,1-2H3,(H,41,42). The van der Waals surface area contributed by atoms with Crippen LogP contribution in [0, 0.1) is 12.7 Å². The van der Waals surface area contributed by atoms with Crippen molar-refractivity contribution in [1.29, 1.82) is 0 Å². The molecule has 43 heavy (non-hydrogen) atoms. The number of pyridine rings is 1. The second-order valence-corrected chi connectivity index (χ2v) is 10.9. The number of benzene rings is 2. The second-order valence-electron chi connectivity index (χ2n) is 10.4. The Morgan fingerprint density at radius 3 is 2.77 bits per heavy atom. The predicted molar refractivity (Wildman–Crippen MR) is 157 cm³/mol. The van der Waals surface area contributed by atoms with E-state index in [0.29, 0.717) is 64.9 Å². The number of amides is 1. The number of nitrogens with zero attached hydrogens (tertiary/aromatic N) is 6. The van der Waals surface area contributed by atoms with Crippen LogP contribution in [-0.2, 0) is 32.7 Å². The lowest BCUT2D eigenvalue weighted by Crippen LogP contribution is -2.38. The van der Waals surface area contributed by atoms with Gasteiger partial charge in [0.2, 0.25) is 0 Å². The van der Waals surface area contributed by atoms with Crippen molar-refractivity contribution in [3.05, 3.63) is 105 Å². The fourth-order valence-corrected chi connectivity index (χ4v) is 5.50. The monoisotopic (exact) mass is 602 g/mol. The van der Waals surface area contributed by atoms with Crippen LogP contribution in [0.1, 0.15) is 55.8 Å². The first kappa shape index (κ1) is 28.4. The molecule has 0 saturated heterocycles. The van der Waals surface area contributed by atoms with Crippen molar-refractivity contribution in [3.63, 3.8) is 0 Å². The number of fused-ring (bicyclic) bond motifs is 2. The summed E-state index contributed by atoms with van der Waals surface area (Å²) in [4.78, 5) is 40.5. The van der Waals surface area contributed by atoms with E-state index in [9.17, 15) is 19.1 Å². The summed E-state index contributed by atoms with van der Waals surface area (Å²) in [6.45, 7) is 5.66. The van der Waals surface area contributed by atoms with Gasteiger partial charge in [-0.15, -0.1) is 0 Å². The number of hydrogen-bond donors (Lipinski definition) is 1. The molecule has 10 nitrogen and oxygen atoms in total. The zero-order valence-corrected chi connectivity index (χ0v) is 24.3. The van der Waals surface area contributed by atoms with E-state index in [1.54, 1.807) is 41.7 Å². The molecular formula is C31H28ClFN6O4. The summed E-state index contributed by atoms with van der Waals surface area (Å²) in [7, 11) is 0. The lowest BCUT2D eigenvalue weighted by atomic mass is 9.96. The number of aryl methyl sites for hydroxylation is 2. The molecule has 220 valence electrons. The molecule has 1 N–H and O–H groups in total. The Morgan fingerprint density at radius 1 is 1.16 bits per heavy atom. The van der Waals surface area contributed by atoms with E-state index in [1.807, 2.05) is 29.0 Å². The predicted octanol–water partition coefficient (Wildman–Crippen LogP) is 5.27. The van der Waals surface area contributed by atoms with Crippen molar-refractivity contribution in [2.45, 2.75) is 46.5 Å². The minimum absolute atomic E-state index is 0.00969. The maximum absolute atomic E-state index is 14.3. The molecular weight excluding hydrogens is 575 g/mol. The highest BCUT2D eigenvalue weighted by Crippen LogP contribution is 2.30. The lowest BCUT2D eigenvalue weighted by molar-refractivity contribution is 0.0694. The highest BCUT2D eigenvalue weighted by atomic mass is 35.5. The third-order valence-corrected chi connectivity index (χ3v) is 7.93. The summed E-state index contributed by atoms with van der Waals surface area (Å²) in [5.74, 6) is -0.654. The number of carbonyl (C=O) groups excluding carboxylic acids is 1. The number of hydrogen-bond acceptors (Lipinski definition) is 6. The van der Waals surface area contributed by atoms with Crippen LogP contribution in [0.4, 0.5) is 4.39 Å². The lowest BCUT2D eigenvalue weighted by Gasteiger charge is -2.29. The van der Waals surface area contributed by atoms with E-state index in [0.717, 1.165) is 16.8 Å². The highest BCUT2D eigenvalue weighted by Gasteiger charge is 2.28. The molecule has 3 aromatic heterocycles. The Kier molecular flexibility index (Phi) is 7.57. The number of ether oxygens (including phenoxy) is 1. The molecule has 6 rings (SSSR count). The number of carboxylic acid groups (broad SMARTS) is 1. The normalized spacial score (nSPS) is 13.0. The number of aromatic nitrogens is 5. The molecule has 0 radical (unpaired) electrons. The van der Waals surface area contributed by atoms with Gasteiger partial charge >= 0.3 is 5.97 Å². The summed E-state index contributed by atoms with van der Waals surface area (Å²) in [5.41, 5.74) is 4.55. The van der Waals surface area contributed by atoms with E-state index in [4.69, 9.17) is 21.3 Å². The number of aromatic carboxylic acids is 1. The van der Waals surface area contributed by atoms with Crippen molar-refractivity contribution in [2.24, 2.45) is 0 Å². The SMILES string of the molecule is CCn1cncc1Cn1c(CN2CCc3cc(C)c(OCc4ccc(Cl)cc4F)cc3C2=O)nc2ncc(C(=O)O)cc21. The minimum atomic E-state index is -1.09. The van der Waals surface area contributed by atoms with Crippen LogP contribution in [0.2, 0.25) is 5.02 Å². The maximum atomic E-state index is 14.3. The number of carboxylic acids is 1. The quantitative estimate of drug-likeness (QED) is 0.244. The molecule has 0 bridgehead atoms. The average molecular weight is 603 g/mol. The van der Waals surface area contributed by atoms with Gasteiger partial charge in [0, 0.05) is 41.6 Å². The van der Waals surface area contributed by atoms with Crippen molar-refractivity contribution in [3.8, 4) is 5.75 Å². The smallest absolute Gasteiger partial charge is 0.337 e. The molecule has 0 saturated carbocycles. The van der Waals surface area contributed by atoms with Gasteiger partial charge in [0.1, 0.15) is 24.0 Å². The van der Waals surface area contributed by atoms with E-state index in [1.165, 1.54) is 12.3 Å². The minimum Gasteiger partial charge on any atom is -0.489 e.